The van der Waals surface area contributed by atoms with Gasteiger partial charge in [0, 0.05) is 19.4 Å². The van der Waals surface area contributed by atoms with Gasteiger partial charge in [0.05, 0.1) is 13.2 Å². The van der Waals surface area contributed by atoms with Gasteiger partial charge in [-0.3, -0.25) is 16.3 Å². The third kappa shape index (κ3) is 2.74. The van der Waals surface area contributed by atoms with Crippen LogP contribution < -0.4 is 16.0 Å². The molecule has 17 heavy (non-hydrogen) atoms. The molecule has 0 aromatic carbocycles. The molecule has 1 aliphatic rings. The highest BCUT2D eigenvalue weighted by molar-refractivity contribution is 5.29. The van der Waals surface area contributed by atoms with E-state index < -0.39 is 0 Å². The number of methoxy groups -OCH3 is 1. The molecule has 1 aromatic heterocycles. The van der Waals surface area contributed by atoms with Crippen molar-refractivity contribution in [3.8, 4) is 5.75 Å². The zero-order chi connectivity index (χ0) is 12.1. The summed E-state index contributed by atoms with van der Waals surface area (Å²) in [4.78, 5) is 4.39. The van der Waals surface area contributed by atoms with Crippen LogP contribution in [-0.2, 0) is 4.74 Å². The molecule has 0 radical (unpaired) electrons. The number of rotatable bonds is 4. The van der Waals surface area contributed by atoms with E-state index in [1.54, 1.807) is 13.3 Å². The maximum absolute atomic E-state index is 5.67. The van der Waals surface area contributed by atoms with Crippen LogP contribution in [0, 0.1) is 5.92 Å². The van der Waals surface area contributed by atoms with E-state index in [2.05, 4.69) is 10.4 Å². The van der Waals surface area contributed by atoms with Crippen molar-refractivity contribution in [2.24, 2.45) is 11.8 Å². The molecule has 2 rings (SSSR count). The van der Waals surface area contributed by atoms with Gasteiger partial charge in [-0.25, -0.2) is 0 Å². The molecule has 1 saturated heterocycles. The van der Waals surface area contributed by atoms with Gasteiger partial charge >= 0.3 is 0 Å². The minimum atomic E-state index is 0.0232. The van der Waals surface area contributed by atoms with Crippen LogP contribution in [0.25, 0.3) is 0 Å². The number of nitrogens with one attached hydrogen (secondary N) is 1. The molecule has 0 spiro atoms. The fourth-order valence-corrected chi connectivity index (χ4v) is 2.30. The van der Waals surface area contributed by atoms with Crippen molar-refractivity contribution >= 4 is 0 Å². The van der Waals surface area contributed by atoms with Crippen molar-refractivity contribution in [3.63, 3.8) is 0 Å². The quantitative estimate of drug-likeness (QED) is 0.604. The Morgan fingerprint density at radius 2 is 2.29 bits per heavy atom. The summed E-state index contributed by atoms with van der Waals surface area (Å²) in [6.07, 6.45) is 3.75. The summed E-state index contributed by atoms with van der Waals surface area (Å²) in [5.41, 5.74) is 3.74. The monoisotopic (exact) mass is 237 g/mol. The van der Waals surface area contributed by atoms with Crippen LogP contribution in [0.15, 0.2) is 18.3 Å². The largest absolute Gasteiger partial charge is 0.495 e. The van der Waals surface area contributed by atoms with Crippen molar-refractivity contribution in [2.75, 3.05) is 20.3 Å². The first kappa shape index (κ1) is 12.3. The lowest BCUT2D eigenvalue weighted by Gasteiger charge is -2.30. The van der Waals surface area contributed by atoms with E-state index in [4.69, 9.17) is 15.3 Å². The lowest BCUT2D eigenvalue weighted by molar-refractivity contribution is 0.0527. The van der Waals surface area contributed by atoms with E-state index in [-0.39, 0.29) is 6.04 Å². The summed E-state index contributed by atoms with van der Waals surface area (Å²) in [7, 11) is 1.65. The minimum absolute atomic E-state index is 0.0232. The van der Waals surface area contributed by atoms with E-state index in [1.165, 1.54) is 0 Å². The van der Waals surface area contributed by atoms with Crippen LogP contribution in [0.4, 0.5) is 0 Å². The molecule has 0 aliphatic carbocycles. The molecule has 5 heteroatoms. The number of hydrazine groups is 1. The molecule has 0 amide bonds. The Bertz CT molecular complexity index is 353. The van der Waals surface area contributed by atoms with Gasteiger partial charge in [0.2, 0.25) is 0 Å². The Hall–Kier alpha value is -1.17. The summed E-state index contributed by atoms with van der Waals surface area (Å²) in [6.45, 7) is 1.58. The molecule has 0 saturated carbocycles. The number of nitrogens with zero attached hydrogens (tertiary/aromatic N) is 1. The molecular formula is C12H19N3O2. The number of aromatic nitrogens is 1. The van der Waals surface area contributed by atoms with Crippen LogP contribution in [0.5, 0.6) is 5.75 Å². The van der Waals surface area contributed by atoms with Crippen LogP contribution in [0.2, 0.25) is 0 Å². The summed E-state index contributed by atoms with van der Waals surface area (Å²) < 4.78 is 10.7. The molecule has 3 N–H and O–H groups in total. The number of hydrogen-bond donors (Lipinski definition) is 2. The number of nitrogens with two attached hydrogens (primary N) is 1. The average molecular weight is 237 g/mol. The van der Waals surface area contributed by atoms with Gasteiger partial charge < -0.3 is 9.47 Å². The van der Waals surface area contributed by atoms with Crippen molar-refractivity contribution in [2.45, 2.75) is 18.9 Å². The molecule has 1 fully saturated rings. The van der Waals surface area contributed by atoms with Crippen LogP contribution >= 0.6 is 0 Å². The molecule has 94 valence electrons. The molecule has 0 bridgehead atoms. The van der Waals surface area contributed by atoms with Gasteiger partial charge in [0.1, 0.15) is 11.4 Å². The SMILES string of the molecule is COc1cccnc1C(NN)C1CCOCC1. The first-order valence-corrected chi connectivity index (χ1v) is 5.89. The Kier molecular flexibility index (Phi) is 4.30. The summed E-state index contributed by atoms with van der Waals surface area (Å²) in [5, 5.41) is 0. The van der Waals surface area contributed by atoms with E-state index in [0.717, 1.165) is 37.5 Å². The fraction of sp³-hybridized carbons (Fsp3) is 0.583. The zero-order valence-electron chi connectivity index (χ0n) is 10.1. The van der Waals surface area contributed by atoms with Crippen molar-refractivity contribution in [1.82, 2.24) is 10.4 Å². The fourth-order valence-electron chi connectivity index (χ4n) is 2.30. The Balaban J connectivity index is 2.21. The Morgan fingerprint density at radius 3 is 2.94 bits per heavy atom. The molecule has 1 unspecified atom stereocenters. The maximum Gasteiger partial charge on any atom is 0.142 e. The lowest BCUT2D eigenvalue weighted by Crippen LogP contribution is -2.36. The zero-order valence-corrected chi connectivity index (χ0v) is 10.1. The Labute approximate surface area is 101 Å². The second kappa shape index (κ2) is 5.95. The maximum atomic E-state index is 5.67. The van der Waals surface area contributed by atoms with Crippen LogP contribution in [0.1, 0.15) is 24.6 Å². The van der Waals surface area contributed by atoms with Crippen molar-refractivity contribution in [3.05, 3.63) is 24.0 Å². The van der Waals surface area contributed by atoms with Crippen LogP contribution in [0.3, 0.4) is 0 Å². The van der Waals surface area contributed by atoms with Gasteiger partial charge in [-0.1, -0.05) is 0 Å². The van der Waals surface area contributed by atoms with E-state index >= 15 is 0 Å². The summed E-state index contributed by atoms with van der Waals surface area (Å²) in [5.74, 6) is 6.89. The normalized spacial score (nSPS) is 18.9. The third-order valence-electron chi connectivity index (χ3n) is 3.23. The van der Waals surface area contributed by atoms with Gasteiger partial charge in [0.25, 0.3) is 0 Å². The highest BCUT2D eigenvalue weighted by Crippen LogP contribution is 2.32. The predicted octanol–water partition coefficient (Wildman–Crippen LogP) is 1.02. The van der Waals surface area contributed by atoms with Crippen molar-refractivity contribution < 1.29 is 9.47 Å². The number of hydrogen-bond acceptors (Lipinski definition) is 5. The van der Waals surface area contributed by atoms with Gasteiger partial charge in [-0.2, -0.15) is 0 Å². The minimum Gasteiger partial charge on any atom is -0.495 e. The molecular weight excluding hydrogens is 218 g/mol. The first-order chi connectivity index (χ1) is 8.36. The van der Waals surface area contributed by atoms with Crippen molar-refractivity contribution in [1.29, 1.82) is 0 Å². The second-order valence-corrected chi connectivity index (χ2v) is 4.19. The third-order valence-corrected chi connectivity index (χ3v) is 3.23. The first-order valence-electron chi connectivity index (χ1n) is 5.89. The van der Waals surface area contributed by atoms with Crippen LogP contribution in [-0.4, -0.2) is 25.3 Å². The average Bonchev–Trinajstić information content (AvgIpc) is 2.41. The number of pyridine rings is 1. The molecule has 5 nitrogen and oxygen atoms in total. The highest BCUT2D eigenvalue weighted by Gasteiger charge is 2.27. The highest BCUT2D eigenvalue weighted by atomic mass is 16.5. The van der Waals surface area contributed by atoms with E-state index in [1.807, 2.05) is 12.1 Å². The standard InChI is InChI=1S/C12H19N3O2/c1-16-10-3-2-6-14-12(10)11(15-13)9-4-7-17-8-5-9/h2-3,6,9,11,15H,4-5,7-8,13H2,1H3. The smallest absolute Gasteiger partial charge is 0.142 e. The Morgan fingerprint density at radius 1 is 1.53 bits per heavy atom. The lowest BCUT2D eigenvalue weighted by atomic mass is 9.89. The molecule has 1 aromatic rings. The van der Waals surface area contributed by atoms with Gasteiger partial charge in [-0.15, -0.1) is 0 Å². The summed E-state index contributed by atoms with van der Waals surface area (Å²) in [6, 6.07) is 3.79. The van der Waals surface area contributed by atoms with E-state index in [9.17, 15) is 0 Å². The molecule has 1 aliphatic heterocycles. The summed E-state index contributed by atoms with van der Waals surface area (Å²) >= 11 is 0. The van der Waals surface area contributed by atoms with Gasteiger partial charge in [0.15, 0.2) is 0 Å². The number of ether oxygens (including phenoxy) is 2. The molecule has 1 atom stereocenters. The predicted molar refractivity (Wildman–Crippen MR) is 64.4 cm³/mol. The second-order valence-electron chi connectivity index (χ2n) is 4.19. The van der Waals surface area contributed by atoms with Gasteiger partial charge in [-0.05, 0) is 30.9 Å². The van der Waals surface area contributed by atoms with E-state index in [0.29, 0.717) is 5.92 Å². The molecule has 2 heterocycles. The topological polar surface area (TPSA) is 69.4 Å².